The van der Waals surface area contributed by atoms with Crippen molar-refractivity contribution < 1.29 is 19.1 Å². The first-order valence-electron chi connectivity index (χ1n) is 5.77. The first-order chi connectivity index (χ1) is 9.69. The fourth-order valence-corrected chi connectivity index (χ4v) is 2.72. The van der Waals surface area contributed by atoms with Gasteiger partial charge in [0.1, 0.15) is 0 Å². The van der Waals surface area contributed by atoms with Gasteiger partial charge in [0.15, 0.2) is 11.5 Å². The molecular formula is C14H9NO4S. The van der Waals surface area contributed by atoms with E-state index in [9.17, 15) is 9.59 Å². The number of hydrogen-bond donors (Lipinski definition) is 0. The molecule has 2 aliphatic heterocycles. The van der Waals surface area contributed by atoms with Crippen molar-refractivity contribution in [2.24, 2.45) is 0 Å². The Labute approximate surface area is 119 Å². The Morgan fingerprint density at radius 3 is 2.95 bits per heavy atom. The van der Waals surface area contributed by atoms with Crippen LogP contribution in [0.5, 0.6) is 11.5 Å². The number of benzene rings is 1. The Bertz CT molecular complexity index is 674. The second-order valence-corrected chi connectivity index (χ2v) is 5.08. The highest BCUT2D eigenvalue weighted by atomic mass is 32.2. The van der Waals surface area contributed by atoms with Crippen LogP contribution in [0.15, 0.2) is 23.1 Å². The second-order valence-electron chi connectivity index (χ2n) is 4.08. The molecule has 3 rings (SSSR count). The number of hydrogen-bond acceptors (Lipinski definition) is 5. The highest BCUT2D eigenvalue weighted by Crippen LogP contribution is 2.36. The molecule has 0 aliphatic carbocycles. The third-order valence-electron chi connectivity index (χ3n) is 2.82. The third kappa shape index (κ3) is 2.12. The highest BCUT2D eigenvalue weighted by molar-refractivity contribution is 8.18. The summed E-state index contributed by atoms with van der Waals surface area (Å²) in [5.41, 5.74) is 0.764. The summed E-state index contributed by atoms with van der Waals surface area (Å²) in [6.45, 7) is 0.181. The summed E-state index contributed by atoms with van der Waals surface area (Å²) in [5.74, 6) is 3.23. The molecular weight excluding hydrogens is 278 g/mol. The van der Waals surface area contributed by atoms with Crippen LogP contribution in [0.25, 0.3) is 6.08 Å². The average molecular weight is 287 g/mol. The minimum Gasteiger partial charge on any atom is -0.454 e. The molecule has 0 saturated carbocycles. The van der Waals surface area contributed by atoms with Gasteiger partial charge in [-0.3, -0.25) is 14.5 Å². The second kappa shape index (κ2) is 4.94. The van der Waals surface area contributed by atoms with Crippen LogP contribution in [0, 0.1) is 12.3 Å². The zero-order valence-electron chi connectivity index (χ0n) is 10.3. The molecule has 2 heterocycles. The molecule has 0 radical (unpaired) electrons. The highest BCUT2D eigenvalue weighted by Gasteiger charge is 2.34. The fraction of sp³-hybridized carbons (Fsp3) is 0.143. The molecule has 1 aromatic rings. The largest absolute Gasteiger partial charge is 0.454 e. The standard InChI is InChI=1S/C14H9NO4S/c1-2-5-15-13(16)12(20-14(15)17)7-9-3-4-10-11(6-9)19-8-18-10/h1,3-4,6-7H,5,8H2. The van der Waals surface area contributed by atoms with Crippen molar-refractivity contribution in [2.75, 3.05) is 13.3 Å². The molecule has 0 atom stereocenters. The van der Waals surface area contributed by atoms with Gasteiger partial charge < -0.3 is 9.47 Å². The third-order valence-corrected chi connectivity index (χ3v) is 3.72. The van der Waals surface area contributed by atoms with Gasteiger partial charge in [0, 0.05) is 0 Å². The molecule has 6 heteroatoms. The monoisotopic (exact) mass is 287 g/mol. The number of rotatable bonds is 2. The average Bonchev–Trinajstić information content (AvgIpc) is 2.99. The lowest BCUT2D eigenvalue weighted by atomic mass is 10.2. The van der Waals surface area contributed by atoms with Crippen LogP contribution < -0.4 is 9.47 Å². The number of imide groups is 1. The predicted octanol–water partition coefficient (Wildman–Crippen LogP) is 2.08. The van der Waals surface area contributed by atoms with Gasteiger partial charge in [0.2, 0.25) is 6.79 Å². The molecule has 0 N–H and O–H groups in total. The van der Waals surface area contributed by atoms with Crippen LogP contribution in [0.2, 0.25) is 0 Å². The van der Waals surface area contributed by atoms with Gasteiger partial charge in [-0.05, 0) is 35.5 Å². The van der Waals surface area contributed by atoms with Gasteiger partial charge in [-0.15, -0.1) is 6.42 Å². The quantitative estimate of drug-likeness (QED) is 0.616. The van der Waals surface area contributed by atoms with E-state index in [0.717, 1.165) is 22.2 Å². The summed E-state index contributed by atoms with van der Waals surface area (Å²) in [7, 11) is 0. The molecule has 2 aliphatic rings. The molecule has 100 valence electrons. The molecule has 0 aromatic heterocycles. The Hall–Kier alpha value is -2.39. The summed E-state index contributed by atoms with van der Waals surface area (Å²) in [6, 6.07) is 5.32. The fourth-order valence-electron chi connectivity index (χ4n) is 1.88. The van der Waals surface area contributed by atoms with E-state index >= 15 is 0 Å². The summed E-state index contributed by atoms with van der Waals surface area (Å²) in [6.07, 6.45) is 6.78. The predicted molar refractivity (Wildman–Crippen MR) is 74.1 cm³/mol. The van der Waals surface area contributed by atoms with Crippen LogP contribution in [0.1, 0.15) is 5.56 Å². The lowest BCUT2D eigenvalue weighted by molar-refractivity contribution is -0.122. The van der Waals surface area contributed by atoms with E-state index in [0.29, 0.717) is 16.4 Å². The number of amides is 2. The van der Waals surface area contributed by atoms with Crippen molar-refractivity contribution >= 4 is 29.0 Å². The molecule has 20 heavy (non-hydrogen) atoms. The topological polar surface area (TPSA) is 55.8 Å². The van der Waals surface area contributed by atoms with E-state index in [2.05, 4.69) is 5.92 Å². The van der Waals surface area contributed by atoms with Crippen molar-refractivity contribution in [1.82, 2.24) is 4.90 Å². The molecule has 0 bridgehead atoms. The maximum absolute atomic E-state index is 12.0. The molecule has 2 amide bonds. The number of terminal acetylenes is 1. The van der Waals surface area contributed by atoms with Crippen LogP contribution in [-0.2, 0) is 4.79 Å². The molecule has 5 nitrogen and oxygen atoms in total. The van der Waals surface area contributed by atoms with E-state index in [1.54, 1.807) is 24.3 Å². The Kier molecular flexibility index (Phi) is 3.12. The lowest BCUT2D eigenvalue weighted by Gasteiger charge is -2.06. The smallest absolute Gasteiger partial charge is 0.294 e. The van der Waals surface area contributed by atoms with Gasteiger partial charge in [-0.1, -0.05) is 12.0 Å². The normalized spacial score (nSPS) is 18.8. The maximum atomic E-state index is 12.0. The zero-order chi connectivity index (χ0) is 14.1. The molecule has 0 spiro atoms. The lowest BCUT2D eigenvalue weighted by Crippen LogP contribution is -2.28. The number of fused-ring (bicyclic) bond motifs is 1. The van der Waals surface area contributed by atoms with E-state index < -0.39 is 0 Å². The molecule has 1 aromatic carbocycles. The first-order valence-corrected chi connectivity index (χ1v) is 6.59. The number of carbonyl (C=O) groups excluding carboxylic acids is 2. The SMILES string of the molecule is C#CCN1C(=O)SC(=Cc2ccc3c(c2)OCO3)C1=O. The van der Waals surface area contributed by atoms with Crippen LogP contribution in [0.4, 0.5) is 4.79 Å². The van der Waals surface area contributed by atoms with E-state index in [-0.39, 0.29) is 24.5 Å². The van der Waals surface area contributed by atoms with E-state index in [1.807, 2.05) is 0 Å². The van der Waals surface area contributed by atoms with Gasteiger partial charge in [-0.25, -0.2) is 0 Å². The summed E-state index contributed by atoms with van der Waals surface area (Å²) in [4.78, 5) is 25.1. The summed E-state index contributed by atoms with van der Waals surface area (Å²) < 4.78 is 10.5. The van der Waals surface area contributed by atoms with Gasteiger partial charge in [0.05, 0.1) is 11.4 Å². The van der Waals surface area contributed by atoms with Crippen molar-refractivity contribution in [3.63, 3.8) is 0 Å². The molecule has 1 fully saturated rings. The van der Waals surface area contributed by atoms with E-state index in [4.69, 9.17) is 15.9 Å². The number of carbonyl (C=O) groups is 2. The van der Waals surface area contributed by atoms with Crippen LogP contribution in [0.3, 0.4) is 0 Å². The van der Waals surface area contributed by atoms with E-state index in [1.165, 1.54) is 0 Å². The number of ether oxygens (including phenoxy) is 2. The molecule has 0 unspecified atom stereocenters. The van der Waals surface area contributed by atoms with Crippen molar-refractivity contribution in [1.29, 1.82) is 0 Å². The van der Waals surface area contributed by atoms with Crippen LogP contribution in [-0.4, -0.2) is 29.4 Å². The van der Waals surface area contributed by atoms with Crippen molar-refractivity contribution in [3.8, 4) is 23.8 Å². The van der Waals surface area contributed by atoms with Gasteiger partial charge in [0.25, 0.3) is 11.1 Å². The Morgan fingerprint density at radius 2 is 2.15 bits per heavy atom. The zero-order valence-corrected chi connectivity index (χ0v) is 11.1. The van der Waals surface area contributed by atoms with Crippen molar-refractivity contribution in [3.05, 3.63) is 28.7 Å². The van der Waals surface area contributed by atoms with Crippen molar-refractivity contribution in [2.45, 2.75) is 0 Å². The first kappa shape index (κ1) is 12.6. The van der Waals surface area contributed by atoms with Gasteiger partial charge in [-0.2, -0.15) is 0 Å². The molecule has 1 saturated heterocycles. The summed E-state index contributed by atoms with van der Waals surface area (Å²) in [5, 5.41) is -0.347. The number of thioether (sulfide) groups is 1. The Morgan fingerprint density at radius 1 is 1.35 bits per heavy atom. The summed E-state index contributed by atoms with van der Waals surface area (Å²) >= 11 is 0.881. The Balaban J connectivity index is 1.88. The van der Waals surface area contributed by atoms with Gasteiger partial charge >= 0.3 is 0 Å². The minimum atomic E-state index is -0.365. The number of nitrogens with zero attached hydrogens (tertiary/aromatic N) is 1. The minimum absolute atomic E-state index is 0.0108. The maximum Gasteiger partial charge on any atom is 0.294 e. The van der Waals surface area contributed by atoms with Crippen LogP contribution >= 0.6 is 11.8 Å².